The monoisotopic (exact) mass is 418 g/mol. The Bertz CT molecular complexity index is 755. The molecule has 0 saturated heterocycles. The molecule has 6 heteroatoms. The molecule has 0 fully saturated rings. The van der Waals surface area contributed by atoms with Crippen LogP contribution >= 0.6 is 15.9 Å². The predicted molar refractivity (Wildman–Crippen MR) is 99.8 cm³/mol. The third-order valence-electron chi connectivity index (χ3n) is 4.11. The van der Waals surface area contributed by atoms with E-state index in [9.17, 15) is 14.4 Å². The highest BCUT2D eigenvalue weighted by Crippen LogP contribution is 2.32. The van der Waals surface area contributed by atoms with Crippen LogP contribution in [0.2, 0.25) is 0 Å². The second kappa shape index (κ2) is 9.29. The Labute approximate surface area is 160 Å². The van der Waals surface area contributed by atoms with Crippen LogP contribution in [0.25, 0.3) is 0 Å². The molecule has 0 aliphatic carbocycles. The second-order valence-electron chi connectivity index (χ2n) is 5.68. The lowest BCUT2D eigenvalue weighted by Gasteiger charge is -2.23. The van der Waals surface area contributed by atoms with Gasteiger partial charge in [-0.05, 0) is 17.7 Å². The maximum absolute atomic E-state index is 12.7. The Morgan fingerprint density at radius 3 is 1.92 bits per heavy atom. The molecule has 0 spiro atoms. The van der Waals surface area contributed by atoms with Crippen molar-refractivity contribution in [3.63, 3.8) is 0 Å². The molecule has 2 aromatic carbocycles. The number of halogens is 1. The second-order valence-corrected chi connectivity index (χ2v) is 6.59. The summed E-state index contributed by atoms with van der Waals surface area (Å²) in [6.45, 7) is 0. The summed E-state index contributed by atoms with van der Waals surface area (Å²) in [6, 6.07) is 15.9. The molecule has 0 unspecified atom stereocenters. The smallest absolute Gasteiger partial charge is 0.320 e. The number of methoxy groups -OCH3 is 2. The molecule has 2 rings (SSSR count). The average molecular weight is 419 g/mol. The zero-order chi connectivity index (χ0) is 19.1. The van der Waals surface area contributed by atoms with Crippen molar-refractivity contribution < 1.29 is 23.9 Å². The number of rotatable bonds is 7. The van der Waals surface area contributed by atoms with E-state index >= 15 is 0 Å². The van der Waals surface area contributed by atoms with Crippen LogP contribution < -0.4 is 0 Å². The van der Waals surface area contributed by atoms with Gasteiger partial charge in [0.15, 0.2) is 11.7 Å². The van der Waals surface area contributed by atoms with Crippen LogP contribution in [-0.2, 0) is 19.1 Å². The quantitative estimate of drug-likeness (QED) is 0.388. The molecule has 136 valence electrons. The summed E-state index contributed by atoms with van der Waals surface area (Å²) in [5.41, 5.74) is 1.20. The fourth-order valence-electron chi connectivity index (χ4n) is 2.76. The molecule has 0 saturated carbocycles. The van der Waals surface area contributed by atoms with E-state index in [0.29, 0.717) is 11.1 Å². The van der Waals surface area contributed by atoms with Crippen LogP contribution in [0, 0.1) is 5.92 Å². The third kappa shape index (κ3) is 4.79. The zero-order valence-electron chi connectivity index (χ0n) is 14.5. The van der Waals surface area contributed by atoms with Crippen molar-refractivity contribution >= 4 is 33.7 Å². The summed E-state index contributed by atoms with van der Waals surface area (Å²) < 4.78 is 10.4. The first-order valence-corrected chi connectivity index (χ1v) is 8.76. The van der Waals surface area contributed by atoms with Crippen LogP contribution in [0.5, 0.6) is 0 Å². The zero-order valence-corrected chi connectivity index (χ0v) is 16.1. The summed E-state index contributed by atoms with van der Waals surface area (Å²) in [5, 5.41) is 0. The van der Waals surface area contributed by atoms with Gasteiger partial charge in [0.2, 0.25) is 0 Å². The van der Waals surface area contributed by atoms with E-state index < -0.39 is 23.8 Å². The minimum Gasteiger partial charge on any atom is -0.468 e. The van der Waals surface area contributed by atoms with Crippen molar-refractivity contribution in [1.29, 1.82) is 0 Å². The normalized spacial score (nSPS) is 11.7. The minimum absolute atomic E-state index is 0.0273. The molecule has 0 heterocycles. The Morgan fingerprint density at radius 1 is 0.885 bits per heavy atom. The van der Waals surface area contributed by atoms with Crippen LogP contribution in [0.4, 0.5) is 0 Å². The third-order valence-corrected chi connectivity index (χ3v) is 4.64. The van der Waals surface area contributed by atoms with Crippen LogP contribution in [0.3, 0.4) is 0 Å². The SMILES string of the molecule is COC(=O)C(C(=O)OC)[C@H](CC(=O)c1ccc(Br)cc1)c1ccccc1. The van der Waals surface area contributed by atoms with E-state index in [1.807, 2.05) is 6.07 Å². The van der Waals surface area contributed by atoms with E-state index in [2.05, 4.69) is 15.9 Å². The highest BCUT2D eigenvalue weighted by atomic mass is 79.9. The molecule has 0 aromatic heterocycles. The van der Waals surface area contributed by atoms with Gasteiger partial charge in [-0.3, -0.25) is 14.4 Å². The van der Waals surface area contributed by atoms with Crippen molar-refractivity contribution in [2.75, 3.05) is 14.2 Å². The number of carbonyl (C=O) groups excluding carboxylic acids is 3. The number of esters is 2. The van der Waals surface area contributed by atoms with Crippen LogP contribution in [0.1, 0.15) is 28.3 Å². The molecule has 0 aliphatic rings. The van der Waals surface area contributed by atoms with Gasteiger partial charge in [-0.25, -0.2) is 0 Å². The van der Waals surface area contributed by atoms with Gasteiger partial charge in [0, 0.05) is 22.4 Å². The molecule has 1 atom stereocenters. The largest absolute Gasteiger partial charge is 0.468 e. The van der Waals surface area contributed by atoms with E-state index in [4.69, 9.17) is 9.47 Å². The van der Waals surface area contributed by atoms with Crippen molar-refractivity contribution in [2.45, 2.75) is 12.3 Å². The first-order valence-electron chi connectivity index (χ1n) is 7.97. The van der Waals surface area contributed by atoms with Gasteiger partial charge >= 0.3 is 11.9 Å². The van der Waals surface area contributed by atoms with Gasteiger partial charge in [-0.2, -0.15) is 0 Å². The summed E-state index contributed by atoms with van der Waals surface area (Å²) >= 11 is 3.33. The number of Topliss-reactive ketones (excluding diaryl/α,β-unsaturated/α-hetero) is 1. The summed E-state index contributed by atoms with van der Waals surface area (Å²) in [6.07, 6.45) is -0.0273. The number of ketones is 1. The lowest BCUT2D eigenvalue weighted by atomic mass is 9.81. The predicted octanol–water partition coefficient (Wildman–Crippen LogP) is 3.77. The molecule has 5 nitrogen and oxygen atoms in total. The van der Waals surface area contributed by atoms with E-state index in [-0.39, 0.29) is 12.2 Å². The maximum atomic E-state index is 12.7. The molecule has 0 N–H and O–H groups in total. The molecule has 2 aromatic rings. The van der Waals surface area contributed by atoms with Gasteiger partial charge in [-0.15, -0.1) is 0 Å². The summed E-state index contributed by atoms with van der Waals surface area (Å²) in [5.74, 6) is -3.54. The van der Waals surface area contributed by atoms with Crippen molar-refractivity contribution in [1.82, 2.24) is 0 Å². The van der Waals surface area contributed by atoms with Gasteiger partial charge in [0.1, 0.15) is 0 Å². The molecule has 0 amide bonds. The molecule has 0 bridgehead atoms. The lowest BCUT2D eigenvalue weighted by molar-refractivity contribution is -0.159. The first kappa shape index (κ1) is 19.8. The van der Waals surface area contributed by atoms with Crippen molar-refractivity contribution in [2.24, 2.45) is 5.92 Å². The number of hydrogen-bond acceptors (Lipinski definition) is 5. The van der Waals surface area contributed by atoms with Crippen LogP contribution in [-0.4, -0.2) is 31.9 Å². The van der Waals surface area contributed by atoms with Crippen LogP contribution in [0.15, 0.2) is 59.1 Å². The highest BCUT2D eigenvalue weighted by molar-refractivity contribution is 9.10. The summed E-state index contributed by atoms with van der Waals surface area (Å²) in [7, 11) is 2.41. The van der Waals surface area contributed by atoms with Gasteiger partial charge in [0.25, 0.3) is 0 Å². The molecule has 0 aliphatic heterocycles. The number of carbonyl (C=O) groups is 3. The summed E-state index contributed by atoms with van der Waals surface area (Å²) in [4.78, 5) is 37.2. The fourth-order valence-corrected chi connectivity index (χ4v) is 3.02. The molecular weight excluding hydrogens is 400 g/mol. The number of benzene rings is 2. The Hall–Kier alpha value is -2.47. The Kier molecular flexibility index (Phi) is 7.09. The topological polar surface area (TPSA) is 69.7 Å². The average Bonchev–Trinajstić information content (AvgIpc) is 2.68. The van der Waals surface area contributed by atoms with Gasteiger partial charge < -0.3 is 9.47 Å². The Morgan fingerprint density at radius 2 is 1.42 bits per heavy atom. The van der Waals surface area contributed by atoms with Gasteiger partial charge in [-0.1, -0.05) is 58.4 Å². The van der Waals surface area contributed by atoms with E-state index in [0.717, 1.165) is 4.47 Å². The Balaban J connectivity index is 2.40. The first-order chi connectivity index (χ1) is 12.5. The molecular formula is C20H19BrO5. The van der Waals surface area contributed by atoms with Crippen molar-refractivity contribution in [3.8, 4) is 0 Å². The van der Waals surface area contributed by atoms with Gasteiger partial charge in [0.05, 0.1) is 14.2 Å². The number of ether oxygens (including phenoxy) is 2. The minimum atomic E-state index is -1.22. The lowest BCUT2D eigenvalue weighted by Crippen LogP contribution is -2.33. The fraction of sp³-hybridized carbons (Fsp3) is 0.250. The van der Waals surface area contributed by atoms with Crippen molar-refractivity contribution in [3.05, 3.63) is 70.2 Å². The molecule has 26 heavy (non-hydrogen) atoms. The standard InChI is InChI=1S/C20H19BrO5/c1-25-19(23)18(20(24)26-2)16(13-6-4-3-5-7-13)12-17(22)14-8-10-15(21)11-9-14/h3-11,16,18H,12H2,1-2H3/t16-/m1/s1. The molecule has 0 radical (unpaired) electrons. The highest BCUT2D eigenvalue weighted by Gasteiger charge is 2.39. The van der Waals surface area contributed by atoms with E-state index in [1.165, 1.54) is 14.2 Å². The van der Waals surface area contributed by atoms with E-state index in [1.54, 1.807) is 48.5 Å². The number of hydrogen-bond donors (Lipinski definition) is 0. The maximum Gasteiger partial charge on any atom is 0.320 e.